The summed E-state index contributed by atoms with van der Waals surface area (Å²) in [6.45, 7) is 4.99. The zero-order valence-corrected chi connectivity index (χ0v) is 22.1. The zero-order chi connectivity index (χ0) is 25.4. The van der Waals surface area contributed by atoms with Gasteiger partial charge in [0.25, 0.3) is 5.97 Å². The van der Waals surface area contributed by atoms with Gasteiger partial charge in [0.1, 0.15) is 10.6 Å². The normalized spacial score (nSPS) is 14.4. The summed E-state index contributed by atoms with van der Waals surface area (Å²) in [5.74, 6) is -0.251. The Morgan fingerprint density at radius 2 is 1.89 bits per heavy atom. The van der Waals surface area contributed by atoms with Crippen LogP contribution in [-0.2, 0) is 15.8 Å². The topological polar surface area (TPSA) is 113 Å². The van der Waals surface area contributed by atoms with Gasteiger partial charge in [-0.3, -0.25) is 14.5 Å². The molecule has 1 aliphatic rings. The van der Waals surface area contributed by atoms with Gasteiger partial charge in [-0.1, -0.05) is 30.6 Å². The Kier molecular flexibility index (Phi) is 9.62. The van der Waals surface area contributed by atoms with Crippen molar-refractivity contribution in [1.29, 1.82) is 0 Å². The first-order valence-electron chi connectivity index (χ1n) is 11.5. The monoisotopic (exact) mass is 516 g/mol. The highest BCUT2D eigenvalue weighted by atomic mass is 32.2. The molecule has 0 saturated heterocycles. The third kappa shape index (κ3) is 7.50. The largest absolute Gasteiger partial charge is 0.495 e. The lowest BCUT2D eigenvalue weighted by Gasteiger charge is -2.22. The Balaban J connectivity index is 0.000000795. The summed E-state index contributed by atoms with van der Waals surface area (Å²) in [6, 6.07) is 10.00. The Labute approximate surface area is 212 Å². The molecular formula is C25H32N4O4S2. The van der Waals surface area contributed by atoms with Crippen molar-refractivity contribution in [3.63, 3.8) is 0 Å². The van der Waals surface area contributed by atoms with E-state index in [1.807, 2.05) is 44.2 Å². The van der Waals surface area contributed by atoms with Gasteiger partial charge in [0.05, 0.1) is 29.1 Å². The summed E-state index contributed by atoms with van der Waals surface area (Å²) >= 11 is 1.65. The molecule has 3 aromatic rings. The second kappa shape index (κ2) is 12.6. The first kappa shape index (κ1) is 26.6. The minimum absolute atomic E-state index is 0.512. The number of carbonyl (C=O) groups is 1. The number of nitrogens with zero attached hydrogens (tertiary/aromatic N) is 2. The van der Waals surface area contributed by atoms with Crippen LogP contribution in [0.5, 0.6) is 5.75 Å². The molecule has 4 rings (SSSR count). The highest BCUT2D eigenvalue weighted by Gasteiger charge is 2.19. The van der Waals surface area contributed by atoms with Crippen molar-refractivity contribution in [3.8, 4) is 16.2 Å². The van der Waals surface area contributed by atoms with E-state index in [1.165, 1.54) is 32.1 Å². The third-order valence-electron chi connectivity index (χ3n) is 5.56. The molecule has 35 heavy (non-hydrogen) atoms. The maximum atomic E-state index is 13.2. The van der Waals surface area contributed by atoms with Gasteiger partial charge in [-0.2, -0.15) is 0 Å². The van der Waals surface area contributed by atoms with E-state index in [0.29, 0.717) is 16.7 Å². The molecule has 10 heteroatoms. The molecule has 1 unspecified atom stereocenters. The Bertz CT molecular complexity index is 1170. The highest BCUT2D eigenvalue weighted by molar-refractivity contribution is 7.86. The number of rotatable bonds is 7. The van der Waals surface area contributed by atoms with Gasteiger partial charge in [0.2, 0.25) is 0 Å². The van der Waals surface area contributed by atoms with Crippen LogP contribution in [0.3, 0.4) is 0 Å². The fraction of sp³-hybridized carbons (Fsp3) is 0.400. The Morgan fingerprint density at radius 3 is 2.54 bits per heavy atom. The molecule has 3 N–H and O–H groups in total. The van der Waals surface area contributed by atoms with E-state index in [0.717, 1.165) is 39.6 Å². The number of pyridine rings is 1. The number of aliphatic carboxylic acids is 1. The van der Waals surface area contributed by atoms with Crippen LogP contribution in [0.25, 0.3) is 10.4 Å². The number of hydrogen-bond donors (Lipinski definition) is 3. The van der Waals surface area contributed by atoms with Gasteiger partial charge in [-0.25, -0.2) is 9.19 Å². The zero-order valence-electron chi connectivity index (χ0n) is 20.5. The molecule has 1 aromatic carbocycles. The Morgan fingerprint density at radius 1 is 1.17 bits per heavy atom. The quantitative estimate of drug-likeness (QED) is 0.364. The molecule has 0 amide bonds. The molecule has 0 spiro atoms. The number of ether oxygens (including phenoxy) is 1. The van der Waals surface area contributed by atoms with Gasteiger partial charge in [0.15, 0.2) is 16.1 Å². The van der Waals surface area contributed by atoms with Crippen molar-refractivity contribution < 1.29 is 18.8 Å². The molecule has 1 atom stereocenters. The molecule has 1 saturated carbocycles. The molecule has 0 aliphatic heterocycles. The number of carboxylic acid groups (broad SMARTS) is 1. The summed E-state index contributed by atoms with van der Waals surface area (Å²) < 4.78 is 21.7. The van der Waals surface area contributed by atoms with Crippen molar-refractivity contribution in [3.05, 3.63) is 47.9 Å². The standard InChI is InChI=1S/C23H28N4O2S2.C2H4O2/c1-15-19(10-7-13-24-15)27-31(28)21-14-17(11-12-20(21)29-3)22-16(2)25-23(30-22)26-18-8-5-4-6-9-18;1-2(3)4/h7,10-14,18,27H,4-6,8-9H2,1-3H3,(H,25,26);1H3,(H,3,4). The summed E-state index contributed by atoms with van der Waals surface area (Å²) in [4.78, 5) is 19.7. The lowest BCUT2D eigenvalue weighted by atomic mass is 9.96. The molecule has 2 heterocycles. The third-order valence-corrected chi connectivity index (χ3v) is 7.83. The number of hydrogen-bond acceptors (Lipinski definition) is 7. The van der Waals surface area contributed by atoms with Crippen molar-refractivity contribution in [1.82, 2.24) is 9.97 Å². The number of thiazole rings is 1. The van der Waals surface area contributed by atoms with Gasteiger partial charge in [-0.15, -0.1) is 0 Å². The fourth-order valence-electron chi connectivity index (χ4n) is 3.86. The minimum Gasteiger partial charge on any atom is -0.495 e. The van der Waals surface area contributed by atoms with Gasteiger partial charge in [0, 0.05) is 19.2 Å². The van der Waals surface area contributed by atoms with E-state index in [9.17, 15) is 4.21 Å². The van der Waals surface area contributed by atoms with E-state index >= 15 is 0 Å². The second-order valence-corrected chi connectivity index (χ2v) is 10.5. The predicted molar refractivity (Wildman–Crippen MR) is 142 cm³/mol. The maximum Gasteiger partial charge on any atom is 0.300 e. The lowest BCUT2D eigenvalue weighted by Crippen LogP contribution is -2.21. The Hall–Kier alpha value is -2.98. The van der Waals surface area contributed by atoms with Crippen molar-refractivity contribution in [2.24, 2.45) is 0 Å². The van der Waals surface area contributed by atoms with E-state index in [1.54, 1.807) is 24.6 Å². The van der Waals surface area contributed by atoms with Crippen LogP contribution in [0, 0.1) is 13.8 Å². The van der Waals surface area contributed by atoms with Crippen LogP contribution < -0.4 is 14.8 Å². The number of benzene rings is 1. The fourth-order valence-corrected chi connectivity index (χ4v) is 5.99. The second-order valence-electron chi connectivity index (χ2n) is 8.30. The first-order chi connectivity index (χ1) is 16.8. The molecule has 1 aliphatic carbocycles. The van der Waals surface area contributed by atoms with Gasteiger partial charge < -0.3 is 15.2 Å². The smallest absolute Gasteiger partial charge is 0.300 e. The van der Waals surface area contributed by atoms with Crippen LogP contribution in [0.15, 0.2) is 41.4 Å². The average molecular weight is 517 g/mol. The number of nitrogens with one attached hydrogen (secondary N) is 2. The first-order valence-corrected chi connectivity index (χ1v) is 13.5. The summed E-state index contributed by atoms with van der Waals surface area (Å²) in [5.41, 5.74) is 3.49. The van der Waals surface area contributed by atoms with Gasteiger partial charge in [-0.05, 0) is 62.6 Å². The average Bonchev–Trinajstić information content (AvgIpc) is 3.20. The van der Waals surface area contributed by atoms with Crippen LogP contribution in [0.1, 0.15) is 50.4 Å². The van der Waals surface area contributed by atoms with E-state index < -0.39 is 17.0 Å². The highest BCUT2D eigenvalue weighted by Crippen LogP contribution is 2.37. The van der Waals surface area contributed by atoms with Crippen LogP contribution in [0.4, 0.5) is 10.8 Å². The molecule has 188 valence electrons. The number of methoxy groups -OCH3 is 1. The number of anilines is 2. The predicted octanol–water partition coefficient (Wildman–Crippen LogP) is 5.80. The van der Waals surface area contributed by atoms with Crippen molar-refractivity contribution >= 4 is 39.1 Å². The van der Waals surface area contributed by atoms with Crippen LogP contribution in [-0.4, -0.2) is 38.4 Å². The van der Waals surface area contributed by atoms with Crippen molar-refractivity contribution in [2.75, 3.05) is 17.1 Å². The van der Waals surface area contributed by atoms with Crippen LogP contribution >= 0.6 is 11.3 Å². The van der Waals surface area contributed by atoms with E-state index in [2.05, 4.69) is 15.0 Å². The molecule has 2 aromatic heterocycles. The molecule has 0 bridgehead atoms. The summed E-state index contributed by atoms with van der Waals surface area (Å²) in [6.07, 6.45) is 8.03. The maximum absolute atomic E-state index is 13.2. The number of aryl methyl sites for hydroxylation is 2. The number of carboxylic acids is 1. The van der Waals surface area contributed by atoms with E-state index in [-0.39, 0.29) is 0 Å². The molecule has 1 fully saturated rings. The summed E-state index contributed by atoms with van der Waals surface area (Å²) in [7, 11) is 0.100. The number of aromatic nitrogens is 2. The molecular weight excluding hydrogens is 484 g/mol. The SMILES string of the molecule is CC(=O)O.COc1ccc(-c2sc(NC3CCCCC3)nc2C)cc1S(=O)Nc1cccnc1C. The van der Waals surface area contributed by atoms with Crippen molar-refractivity contribution in [2.45, 2.75) is 63.8 Å². The van der Waals surface area contributed by atoms with Gasteiger partial charge >= 0.3 is 0 Å². The van der Waals surface area contributed by atoms with Crippen LogP contribution in [0.2, 0.25) is 0 Å². The van der Waals surface area contributed by atoms with E-state index in [4.69, 9.17) is 19.6 Å². The molecule has 8 nitrogen and oxygen atoms in total. The lowest BCUT2D eigenvalue weighted by molar-refractivity contribution is -0.134. The minimum atomic E-state index is -1.49. The summed E-state index contributed by atoms with van der Waals surface area (Å²) in [5, 5.41) is 12.0. The molecule has 0 radical (unpaired) electrons.